The second-order valence-electron chi connectivity index (χ2n) is 4.86. The Morgan fingerprint density at radius 3 is 2.80 bits per heavy atom. The lowest BCUT2D eigenvalue weighted by Crippen LogP contribution is -2.04. The van der Waals surface area contributed by atoms with Crippen LogP contribution in [0.5, 0.6) is 0 Å². The number of para-hydroxylation sites is 1. The van der Waals surface area contributed by atoms with Crippen molar-refractivity contribution in [1.82, 2.24) is 14.8 Å². The van der Waals surface area contributed by atoms with Crippen LogP contribution >= 0.6 is 11.8 Å². The number of benzene rings is 1. The van der Waals surface area contributed by atoms with Crippen molar-refractivity contribution in [3.8, 4) is 16.9 Å². The van der Waals surface area contributed by atoms with Crippen molar-refractivity contribution in [3.63, 3.8) is 0 Å². The summed E-state index contributed by atoms with van der Waals surface area (Å²) in [6.07, 6.45) is 1.97. The topological polar surface area (TPSA) is 30.7 Å². The SMILES string of the molecule is Cc1ccc2c(n1)SCc1cnn(-c3ccccc3)c1-2. The summed E-state index contributed by atoms with van der Waals surface area (Å²) in [7, 11) is 0. The molecule has 0 spiro atoms. The highest BCUT2D eigenvalue weighted by molar-refractivity contribution is 7.98. The Morgan fingerprint density at radius 2 is 1.95 bits per heavy atom. The van der Waals surface area contributed by atoms with Crippen LogP contribution in [0.2, 0.25) is 0 Å². The van der Waals surface area contributed by atoms with Crippen LogP contribution in [0.25, 0.3) is 16.9 Å². The quantitative estimate of drug-likeness (QED) is 0.678. The van der Waals surface area contributed by atoms with Gasteiger partial charge in [-0.15, -0.1) is 11.8 Å². The van der Waals surface area contributed by atoms with Gasteiger partial charge in [0.15, 0.2) is 0 Å². The Bertz CT molecular complexity index is 778. The molecule has 0 aliphatic carbocycles. The first-order chi connectivity index (χ1) is 9.83. The van der Waals surface area contributed by atoms with Crippen LogP contribution in [-0.2, 0) is 5.75 Å². The fraction of sp³-hybridized carbons (Fsp3) is 0.125. The first-order valence-corrected chi connectivity index (χ1v) is 7.54. The highest BCUT2D eigenvalue weighted by Crippen LogP contribution is 2.41. The highest BCUT2D eigenvalue weighted by Gasteiger charge is 2.23. The smallest absolute Gasteiger partial charge is 0.106 e. The first kappa shape index (κ1) is 11.7. The van der Waals surface area contributed by atoms with E-state index in [4.69, 9.17) is 0 Å². The van der Waals surface area contributed by atoms with E-state index in [1.54, 1.807) is 11.8 Å². The molecule has 4 rings (SSSR count). The molecular weight excluding hydrogens is 266 g/mol. The monoisotopic (exact) mass is 279 g/mol. The Balaban J connectivity index is 1.96. The van der Waals surface area contributed by atoms with Gasteiger partial charge in [-0.3, -0.25) is 0 Å². The summed E-state index contributed by atoms with van der Waals surface area (Å²) in [6, 6.07) is 14.5. The third-order valence-corrected chi connectivity index (χ3v) is 4.50. The second kappa shape index (κ2) is 4.49. The standard InChI is InChI=1S/C16H13N3S/c1-11-7-8-14-15-12(10-20-16(14)18-11)9-17-19(15)13-5-3-2-4-6-13/h2-9H,10H2,1H3. The predicted octanol–water partition coefficient (Wildman–Crippen LogP) is 3.85. The Kier molecular flexibility index (Phi) is 2.63. The van der Waals surface area contributed by atoms with E-state index in [9.17, 15) is 0 Å². The summed E-state index contributed by atoms with van der Waals surface area (Å²) in [5.74, 6) is 0.936. The number of hydrogen-bond acceptors (Lipinski definition) is 3. The third-order valence-electron chi connectivity index (χ3n) is 3.46. The van der Waals surface area contributed by atoms with Gasteiger partial charge in [-0.1, -0.05) is 18.2 Å². The highest BCUT2D eigenvalue weighted by atomic mass is 32.2. The molecular formula is C16H13N3S. The minimum absolute atomic E-state index is 0.936. The molecule has 0 bridgehead atoms. The van der Waals surface area contributed by atoms with Crippen molar-refractivity contribution in [2.24, 2.45) is 0 Å². The molecule has 0 unspecified atom stereocenters. The number of hydrogen-bond donors (Lipinski definition) is 0. The van der Waals surface area contributed by atoms with Gasteiger partial charge in [-0.05, 0) is 31.2 Å². The van der Waals surface area contributed by atoms with Crippen molar-refractivity contribution in [1.29, 1.82) is 0 Å². The number of thioether (sulfide) groups is 1. The number of fused-ring (bicyclic) bond motifs is 3. The molecule has 3 nitrogen and oxygen atoms in total. The maximum Gasteiger partial charge on any atom is 0.106 e. The maximum atomic E-state index is 4.65. The first-order valence-electron chi connectivity index (χ1n) is 6.56. The van der Waals surface area contributed by atoms with E-state index in [1.165, 1.54) is 16.8 Å². The molecule has 0 fully saturated rings. The number of rotatable bonds is 1. The lowest BCUT2D eigenvalue weighted by molar-refractivity contribution is 0.881. The Morgan fingerprint density at radius 1 is 1.10 bits per heavy atom. The molecule has 2 aromatic heterocycles. The second-order valence-corrected chi connectivity index (χ2v) is 5.82. The van der Waals surface area contributed by atoms with Crippen LogP contribution in [-0.4, -0.2) is 14.8 Å². The average molecular weight is 279 g/mol. The molecule has 20 heavy (non-hydrogen) atoms. The van der Waals surface area contributed by atoms with E-state index < -0.39 is 0 Å². The zero-order valence-electron chi connectivity index (χ0n) is 11.1. The van der Waals surface area contributed by atoms with Gasteiger partial charge >= 0.3 is 0 Å². The number of aryl methyl sites for hydroxylation is 1. The van der Waals surface area contributed by atoms with Gasteiger partial charge < -0.3 is 0 Å². The zero-order chi connectivity index (χ0) is 13.5. The maximum absolute atomic E-state index is 4.65. The lowest BCUT2D eigenvalue weighted by Gasteiger charge is -2.17. The minimum Gasteiger partial charge on any atom is -0.246 e. The Hall–Kier alpha value is -2.07. The average Bonchev–Trinajstić information content (AvgIpc) is 2.92. The summed E-state index contributed by atoms with van der Waals surface area (Å²) in [6.45, 7) is 2.03. The van der Waals surface area contributed by atoms with Gasteiger partial charge in [0.1, 0.15) is 5.03 Å². The van der Waals surface area contributed by atoms with E-state index in [1.807, 2.05) is 36.0 Å². The van der Waals surface area contributed by atoms with E-state index in [-0.39, 0.29) is 0 Å². The molecule has 0 saturated carbocycles. The van der Waals surface area contributed by atoms with E-state index in [2.05, 4.69) is 34.3 Å². The van der Waals surface area contributed by atoms with Gasteiger partial charge in [-0.25, -0.2) is 9.67 Å². The summed E-state index contributed by atoms with van der Waals surface area (Å²) in [5.41, 5.74) is 5.79. The van der Waals surface area contributed by atoms with Gasteiger partial charge in [0, 0.05) is 22.6 Å². The van der Waals surface area contributed by atoms with Crippen molar-refractivity contribution >= 4 is 11.8 Å². The molecule has 1 aliphatic rings. The summed E-state index contributed by atoms with van der Waals surface area (Å²) >= 11 is 1.79. The molecule has 98 valence electrons. The molecule has 0 radical (unpaired) electrons. The number of nitrogens with zero attached hydrogens (tertiary/aromatic N) is 3. The normalized spacial score (nSPS) is 12.8. The zero-order valence-corrected chi connectivity index (χ0v) is 11.9. The van der Waals surface area contributed by atoms with Crippen molar-refractivity contribution in [2.75, 3.05) is 0 Å². The van der Waals surface area contributed by atoms with Crippen LogP contribution in [0.15, 0.2) is 53.7 Å². The van der Waals surface area contributed by atoms with Crippen LogP contribution in [0.1, 0.15) is 11.3 Å². The van der Waals surface area contributed by atoms with Crippen LogP contribution in [0.4, 0.5) is 0 Å². The molecule has 0 N–H and O–H groups in total. The van der Waals surface area contributed by atoms with Gasteiger partial charge in [-0.2, -0.15) is 5.10 Å². The fourth-order valence-electron chi connectivity index (χ4n) is 2.51. The summed E-state index contributed by atoms with van der Waals surface area (Å²) < 4.78 is 2.02. The van der Waals surface area contributed by atoms with E-state index in [0.717, 1.165) is 22.2 Å². The fourth-order valence-corrected chi connectivity index (χ4v) is 3.54. The molecule has 0 saturated heterocycles. The van der Waals surface area contributed by atoms with Crippen molar-refractivity contribution < 1.29 is 0 Å². The van der Waals surface area contributed by atoms with E-state index in [0.29, 0.717) is 0 Å². The van der Waals surface area contributed by atoms with Crippen LogP contribution in [0.3, 0.4) is 0 Å². The number of aromatic nitrogens is 3. The molecule has 1 aromatic carbocycles. The van der Waals surface area contributed by atoms with Crippen molar-refractivity contribution in [3.05, 3.63) is 59.9 Å². The predicted molar refractivity (Wildman–Crippen MR) is 81.1 cm³/mol. The molecule has 0 atom stereocenters. The molecule has 3 aromatic rings. The molecule has 4 heteroatoms. The third kappa shape index (κ3) is 1.76. The van der Waals surface area contributed by atoms with Gasteiger partial charge in [0.05, 0.1) is 17.6 Å². The van der Waals surface area contributed by atoms with Crippen LogP contribution in [0, 0.1) is 6.92 Å². The Labute approximate surface area is 121 Å². The lowest BCUT2D eigenvalue weighted by atomic mass is 10.1. The summed E-state index contributed by atoms with van der Waals surface area (Å²) in [4.78, 5) is 4.65. The summed E-state index contributed by atoms with van der Waals surface area (Å²) in [5, 5.41) is 5.67. The number of pyridine rings is 1. The minimum atomic E-state index is 0.936. The largest absolute Gasteiger partial charge is 0.246 e. The van der Waals surface area contributed by atoms with Gasteiger partial charge in [0.2, 0.25) is 0 Å². The van der Waals surface area contributed by atoms with Gasteiger partial charge in [0.25, 0.3) is 0 Å². The molecule has 1 aliphatic heterocycles. The van der Waals surface area contributed by atoms with Crippen LogP contribution < -0.4 is 0 Å². The van der Waals surface area contributed by atoms with E-state index >= 15 is 0 Å². The molecule has 3 heterocycles. The van der Waals surface area contributed by atoms with Crippen molar-refractivity contribution in [2.45, 2.75) is 17.7 Å². The molecule has 0 amide bonds.